The van der Waals surface area contributed by atoms with Gasteiger partial charge in [-0.15, -0.1) is 0 Å². The summed E-state index contributed by atoms with van der Waals surface area (Å²) in [5.74, 6) is -2.65. The monoisotopic (exact) mass is 399 g/mol. The van der Waals surface area contributed by atoms with Crippen molar-refractivity contribution in [2.45, 2.75) is 38.2 Å². The van der Waals surface area contributed by atoms with Crippen molar-refractivity contribution in [2.24, 2.45) is 5.92 Å². The molecule has 0 bridgehead atoms. The lowest BCUT2D eigenvalue weighted by atomic mass is 9.89. The molecule has 1 saturated heterocycles. The Morgan fingerprint density at radius 2 is 1.69 bits per heavy atom. The molecule has 1 aliphatic rings. The van der Waals surface area contributed by atoms with Gasteiger partial charge in [0.2, 0.25) is 0 Å². The van der Waals surface area contributed by atoms with Crippen molar-refractivity contribution >= 4 is 11.9 Å². The fraction of sp³-hybridized carbons (Fsp3) is 0.391. The zero-order chi connectivity index (χ0) is 21.2. The van der Waals surface area contributed by atoms with E-state index in [0.717, 1.165) is 11.1 Å². The number of rotatable bonds is 6. The topological polar surface area (TPSA) is 77.8 Å². The molecule has 2 aromatic rings. The predicted octanol–water partition coefficient (Wildman–Crippen LogP) is 3.47. The molecule has 154 valence electrons. The van der Waals surface area contributed by atoms with Gasteiger partial charge in [-0.25, -0.2) is 4.39 Å². The predicted molar refractivity (Wildman–Crippen MR) is 107 cm³/mol. The lowest BCUT2D eigenvalue weighted by Gasteiger charge is -2.18. The van der Waals surface area contributed by atoms with Gasteiger partial charge in [-0.3, -0.25) is 9.59 Å². The van der Waals surface area contributed by atoms with Gasteiger partial charge in [0.25, 0.3) is 5.91 Å². The Hall–Kier alpha value is -2.73. The van der Waals surface area contributed by atoms with Gasteiger partial charge in [-0.2, -0.15) is 0 Å². The number of aliphatic carboxylic acids is 1. The highest BCUT2D eigenvalue weighted by Crippen LogP contribution is 2.34. The molecule has 2 aromatic carbocycles. The van der Waals surface area contributed by atoms with Crippen LogP contribution in [0.15, 0.2) is 48.5 Å². The third kappa shape index (κ3) is 5.21. The van der Waals surface area contributed by atoms with E-state index < -0.39 is 17.5 Å². The summed E-state index contributed by atoms with van der Waals surface area (Å²) in [6.45, 7) is 3.92. The van der Waals surface area contributed by atoms with Crippen LogP contribution in [-0.4, -0.2) is 45.7 Å². The van der Waals surface area contributed by atoms with E-state index in [1.807, 2.05) is 12.1 Å². The number of carbonyl (C=O) groups is 2. The fourth-order valence-corrected chi connectivity index (χ4v) is 3.71. The van der Waals surface area contributed by atoms with Crippen LogP contribution in [0.1, 0.15) is 47.7 Å². The molecule has 1 fully saturated rings. The number of likely N-dealkylation sites (tertiary alicyclic amines) is 1. The number of amides is 1. The smallest absolute Gasteiger partial charge is 0.308 e. The number of halogens is 1. The maximum absolute atomic E-state index is 13.2. The Morgan fingerprint density at radius 3 is 2.24 bits per heavy atom. The van der Waals surface area contributed by atoms with Gasteiger partial charge in [-0.1, -0.05) is 24.3 Å². The number of aryl methyl sites for hydroxylation is 1. The van der Waals surface area contributed by atoms with Gasteiger partial charge < -0.3 is 15.1 Å². The summed E-state index contributed by atoms with van der Waals surface area (Å²) < 4.78 is 13.2. The first-order valence-corrected chi connectivity index (χ1v) is 9.73. The number of hydrogen-bond acceptors (Lipinski definition) is 3. The van der Waals surface area contributed by atoms with Crippen LogP contribution in [-0.2, 0) is 11.2 Å². The Morgan fingerprint density at radius 1 is 1.07 bits per heavy atom. The van der Waals surface area contributed by atoms with Crippen molar-refractivity contribution in [1.29, 1.82) is 0 Å². The molecule has 0 aromatic heterocycles. The molecule has 3 rings (SSSR count). The molecule has 6 heteroatoms. The molecule has 2 atom stereocenters. The molecule has 2 N–H and O–H groups in total. The fourth-order valence-electron chi connectivity index (χ4n) is 3.71. The largest absolute Gasteiger partial charge is 0.481 e. The third-order valence-electron chi connectivity index (χ3n) is 5.45. The van der Waals surface area contributed by atoms with Crippen LogP contribution < -0.4 is 0 Å². The Balaban J connectivity index is 1.72. The SMILES string of the molecule is CC(C)(O)CCc1ccc(C(=O)N2C[C@H](C(=O)O)[C@@H](c3ccc(F)cc3)C2)cc1. The average molecular weight is 399 g/mol. The molecule has 0 unspecified atom stereocenters. The molecule has 1 aliphatic heterocycles. The number of benzene rings is 2. The Kier molecular flexibility index (Phi) is 6.03. The average Bonchev–Trinajstić information content (AvgIpc) is 3.12. The van der Waals surface area contributed by atoms with Crippen molar-refractivity contribution < 1.29 is 24.2 Å². The van der Waals surface area contributed by atoms with Crippen LogP contribution in [0.4, 0.5) is 4.39 Å². The summed E-state index contributed by atoms with van der Waals surface area (Å²) in [6.07, 6.45) is 1.32. The van der Waals surface area contributed by atoms with E-state index in [9.17, 15) is 24.2 Å². The number of hydrogen-bond donors (Lipinski definition) is 2. The first kappa shape index (κ1) is 21.0. The van der Waals surface area contributed by atoms with Crippen molar-refractivity contribution in [3.8, 4) is 0 Å². The lowest BCUT2D eigenvalue weighted by Crippen LogP contribution is -2.29. The molecule has 0 spiro atoms. The van der Waals surface area contributed by atoms with Crippen LogP contribution in [0.5, 0.6) is 0 Å². The van der Waals surface area contributed by atoms with Gasteiger partial charge in [0.05, 0.1) is 11.5 Å². The standard InChI is InChI=1S/C23H26FNO4/c1-23(2,29)12-11-15-3-5-17(6-4-15)21(26)25-13-19(20(14-25)22(27)28)16-7-9-18(24)10-8-16/h3-10,19-20,29H,11-14H2,1-2H3,(H,27,28)/t19-,20+/m1/s1. The first-order chi connectivity index (χ1) is 13.6. The molecule has 1 amide bonds. The Bertz CT molecular complexity index is 871. The van der Waals surface area contributed by atoms with Crippen molar-refractivity contribution in [3.63, 3.8) is 0 Å². The van der Waals surface area contributed by atoms with E-state index in [1.165, 1.54) is 12.1 Å². The minimum atomic E-state index is -0.961. The normalized spacial score (nSPS) is 19.4. The maximum Gasteiger partial charge on any atom is 0.308 e. The molecule has 0 radical (unpaired) electrons. The second-order valence-corrected chi connectivity index (χ2v) is 8.32. The van der Waals surface area contributed by atoms with E-state index in [4.69, 9.17) is 0 Å². The summed E-state index contributed by atoms with van der Waals surface area (Å²) in [7, 11) is 0. The van der Waals surface area contributed by atoms with E-state index in [0.29, 0.717) is 18.4 Å². The van der Waals surface area contributed by atoms with Crippen LogP contribution >= 0.6 is 0 Å². The summed E-state index contributed by atoms with van der Waals surface area (Å²) in [5, 5.41) is 19.4. The van der Waals surface area contributed by atoms with Gasteiger partial charge in [0.1, 0.15) is 5.82 Å². The quantitative estimate of drug-likeness (QED) is 0.780. The second-order valence-electron chi connectivity index (χ2n) is 8.32. The molecular weight excluding hydrogens is 373 g/mol. The Labute approximate surface area is 169 Å². The summed E-state index contributed by atoms with van der Waals surface area (Å²) in [6, 6.07) is 13.0. The third-order valence-corrected chi connectivity index (χ3v) is 5.45. The van der Waals surface area contributed by atoms with Crippen LogP contribution in [0.25, 0.3) is 0 Å². The number of aliphatic hydroxyl groups is 1. The summed E-state index contributed by atoms with van der Waals surface area (Å²) in [4.78, 5) is 26.2. The molecule has 0 aliphatic carbocycles. The minimum Gasteiger partial charge on any atom is -0.481 e. The first-order valence-electron chi connectivity index (χ1n) is 9.73. The van der Waals surface area contributed by atoms with Crippen molar-refractivity contribution in [1.82, 2.24) is 4.90 Å². The molecular formula is C23H26FNO4. The van der Waals surface area contributed by atoms with Gasteiger partial charge >= 0.3 is 5.97 Å². The highest BCUT2D eigenvalue weighted by atomic mass is 19.1. The van der Waals surface area contributed by atoms with E-state index in [1.54, 1.807) is 43.0 Å². The maximum atomic E-state index is 13.2. The van der Waals surface area contributed by atoms with Gasteiger partial charge in [-0.05, 0) is 62.1 Å². The summed E-state index contributed by atoms with van der Waals surface area (Å²) in [5.41, 5.74) is 1.50. The van der Waals surface area contributed by atoms with Crippen LogP contribution in [0.2, 0.25) is 0 Å². The zero-order valence-corrected chi connectivity index (χ0v) is 16.6. The molecule has 29 heavy (non-hydrogen) atoms. The van der Waals surface area contributed by atoms with Gasteiger partial charge in [0.15, 0.2) is 0 Å². The number of nitrogens with zero attached hydrogens (tertiary/aromatic N) is 1. The number of carboxylic acids is 1. The minimum absolute atomic E-state index is 0.122. The summed E-state index contributed by atoms with van der Waals surface area (Å²) >= 11 is 0. The second kappa shape index (κ2) is 8.33. The van der Waals surface area contributed by atoms with E-state index >= 15 is 0 Å². The lowest BCUT2D eigenvalue weighted by molar-refractivity contribution is -0.141. The van der Waals surface area contributed by atoms with Crippen molar-refractivity contribution in [2.75, 3.05) is 13.1 Å². The highest BCUT2D eigenvalue weighted by Gasteiger charge is 2.40. The van der Waals surface area contributed by atoms with Crippen LogP contribution in [0, 0.1) is 11.7 Å². The molecule has 5 nitrogen and oxygen atoms in total. The molecule has 1 heterocycles. The number of carbonyl (C=O) groups excluding carboxylic acids is 1. The number of carboxylic acid groups (broad SMARTS) is 1. The van der Waals surface area contributed by atoms with Crippen LogP contribution in [0.3, 0.4) is 0 Å². The molecule has 0 saturated carbocycles. The van der Waals surface area contributed by atoms with Gasteiger partial charge in [0, 0.05) is 24.6 Å². The zero-order valence-electron chi connectivity index (χ0n) is 16.6. The van der Waals surface area contributed by atoms with Crippen molar-refractivity contribution in [3.05, 3.63) is 71.0 Å². The van der Waals surface area contributed by atoms with E-state index in [2.05, 4.69) is 0 Å². The van der Waals surface area contributed by atoms with E-state index in [-0.39, 0.29) is 30.7 Å². The highest BCUT2D eigenvalue weighted by molar-refractivity contribution is 5.95.